The van der Waals surface area contributed by atoms with Gasteiger partial charge in [0, 0.05) is 44.9 Å². The van der Waals surface area contributed by atoms with Crippen LogP contribution in [0.1, 0.15) is 13.3 Å². The lowest BCUT2D eigenvalue weighted by Crippen LogP contribution is -2.43. The van der Waals surface area contributed by atoms with Crippen LogP contribution in [0.3, 0.4) is 0 Å². The Hall–Kier alpha value is -7.62. The molecule has 0 N–H and O–H groups in total. The molecule has 0 aliphatic heterocycles. The molecule has 9 aromatic rings. The molecule has 0 radical (unpaired) electrons. The van der Waals surface area contributed by atoms with Crippen LogP contribution in [0.15, 0.2) is 248 Å². The lowest BCUT2D eigenvalue weighted by atomic mass is 9.88. The maximum absolute atomic E-state index is 2.46. The van der Waals surface area contributed by atoms with Crippen molar-refractivity contribution < 1.29 is 0 Å². The molecule has 0 saturated carbocycles. The van der Waals surface area contributed by atoms with Gasteiger partial charge in [0.05, 0.1) is 16.9 Å². The molecule has 1 aliphatic rings. The quantitative estimate of drug-likeness (QED) is 0.137. The molecule has 10 rings (SSSR count). The molecule has 0 aromatic heterocycles. The second-order valence-electron chi connectivity index (χ2n) is 15.6. The van der Waals surface area contributed by atoms with Crippen LogP contribution in [-0.4, -0.2) is 5.54 Å². The Morgan fingerprint density at radius 1 is 0.367 bits per heavy atom. The Kier molecular flexibility index (Phi) is 9.77. The molecule has 3 nitrogen and oxygen atoms in total. The standard InChI is InChI=1S/C57H45N3/c1-57(60(51-23-7-3-8-24-51)52-25-9-4-10-26-52)41-39-50(40-42-57)59(56-30-16-20-46-18-12-14-28-54(46)56)49-37-33-44(34-38-49)43-31-35-48(36-32-43)58(47-21-5-2-6-22-47)55-29-15-19-45-17-11-13-27-53(45)55/h2-41H,42H2,1H3. The highest BCUT2D eigenvalue weighted by molar-refractivity contribution is 5.99. The Morgan fingerprint density at radius 3 is 1.25 bits per heavy atom. The number of hydrogen-bond acceptors (Lipinski definition) is 3. The maximum Gasteiger partial charge on any atom is 0.0644 e. The van der Waals surface area contributed by atoms with Gasteiger partial charge in [-0.05, 0) is 114 Å². The van der Waals surface area contributed by atoms with Gasteiger partial charge in [-0.1, -0.05) is 164 Å². The maximum atomic E-state index is 2.46. The summed E-state index contributed by atoms with van der Waals surface area (Å²) in [5.74, 6) is 0. The molecule has 0 amide bonds. The van der Waals surface area contributed by atoms with Gasteiger partial charge in [-0.25, -0.2) is 0 Å². The van der Waals surface area contributed by atoms with E-state index < -0.39 is 0 Å². The normalized spacial score (nSPS) is 14.8. The van der Waals surface area contributed by atoms with E-state index in [1.807, 2.05) is 0 Å². The number of para-hydroxylation sites is 3. The Bertz CT molecular complexity index is 2910. The number of nitrogens with zero attached hydrogens (tertiary/aromatic N) is 3. The third kappa shape index (κ3) is 7.01. The van der Waals surface area contributed by atoms with Crippen molar-refractivity contribution in [1.29, 1.82) is 0 Å². The van der Waals surface area contributed by atoms with Crippen LogP contribution in [-0.2, 0) is 0 Å². The minimum absolute atomic E-state index is 0.281. The summed E-state index contributed by atoms with van der Waals surface area (Å²) in [4.78, 5) is 7.23. The van der Waals surface area contributed by atoms with Crippen molar-refractivity contribution in [2.75, 3.05) is 14.7 Å². The van der Waals surface area contributed by atoms with Crippen molar-refractivity contribution in [3.05, 3.63) is 248 Å². The number of benzene rings is 9. The highest BCUT2D eigenvalue weighted by atomic mass is 15.2. The zero-order valence-corrected chi connectivity index (χ0v) is 33.6. The van der Waals surface area contributed by atoms with Crippen LogP contribution < -0.4 is 14.7 Å². The Labute approximate surface area is 353 Å². The van der Waals surface area contributed by atoms with Gasteiger partial charge in [0.25, 0.3) is 0 Å². The summed E-state index contributed by atoms with van der Waals surface area (Å²) >= 11 is 0. The van der Waals surface area contributed by atoms with E-state index >= 15 is 0 Å². The van der Waals surface area contributed by atoms with Crippen LogP contribution in [0.5, 0.6) is 0 Å². The third-order valence-electron chi connectivity index (χ3n) is 11.7. The van der Waals surface area contributed by atoms with Crippen LogP contribution in [0.2, 0.25) is 0 Å². The van der Waals surface area contributed by atoms with Crippen molar-refractivity contribution in [1.82, 2.24) is 0 Å². The zero-order valence-electron chi connectivity index (χ0n) is 33.6. The fourth-order valence-corrected chi connectivity index (χ4v) is 8.78. The first kappa shape index (κ1) is 36.7. The minimum atomic E-state index is -0.281. The molecule has 288 valence electrons. The molecular weight excluding hydrogens is 727 g/mol. The summed E-state index contributed by atoms with van der Waals surface area (Å²) in [6, 6.07) is 80.5. The molecule has 1 atom stereocenters. The molecule has 3 heteroatoms. The van der Waals surface area contributed by atoms with Crippen LogP contribution in [0, 0.1) is 0 Å². The SMILES string of the molecule is CC1(N(c2ccccc2)c2ccccc2)C=CC(N(c2ccc(-c3ccc(N(c4ccccc4)c4cccc5ccccc45)cc3)cc2)c2cccc3ccccc23)=CC1. The smallest absolute Gasteiger partial charge is 0.0644 e. The first-order valence-electron chi connectivity index (χ1n) is 20.7. The summed E-state index contributed by atoms with van der Waals surface area (Å²) in [7, 11) is 0. The molecule has 1 unspecified atom stereocenters. The number of fused-ring (bicyclic) bond motifs is 2. The van der Waals surface area contributed by atoms with Gasteiger partial charge in [0.1, 0.15) is 0 Å². The molecule has 0 fully saturated rings. The van der Waals surface area contributed by atoms with Gasteiger partial charge in [0.2, 0.25) is 0 Å². The van der Waals surface area contributed by atoms with E-state index in [0.29, 0.717) is 0 Å². The monoisotopic (exact) mass is 771 g/mol. The summed E-state index contributed by atoms with van der Waals surface area (Å²) in [6.07, 6.45) is 7.92. The van der Waals surface area contributed by atoms with Gasteiger partial charge in [-0.3, -0.25) is 0 Å². The van der Waals surface area contributed by atoms with Crippen LogP contribution >= 0.6 is 0 Å². The van der Waals surface area contributed by atoms with E-state index in [9.17, 15) is 0 Å². The van der Waals surface area contributed by atoms with Crippen molar-refractivity contribution in [2.24, 2.45) is 0 Å². The molecule has 60 heavy (non-hydrogen) atoms. The van der Waals surface area contributed by atoms with Gasteiger partial charge in [-0.15, -0.1) is 0 Å². The number of rotatable bonds is 10. The summed E-state index contributed by atoms with van der Waals surface area (Å²) in [6.45, 7) is 2.33. The second kappa shape index (κ2) is 16.0. The predicted octanol–water partition coefficient (Wildman–Crippen LogP) is 15.7. The average Bonchev–Trinajstić information content (AvgIpc) is 3.32. The van der Waals surface area contributed by atoms with Gasteiger partial charge in [0.15, 0.2) is 0 Å². The van der Waals surface area contributed by atoms with Crippen molar-refractivity contribution in [2.45, 2.75) is 18.9 Å². The van der Waals surface area contributed by atoms with Crippen LogP contribution in [0.25, 0.3) is 32.7 Å². The van der Waals surface area contributed by atoms with E-state index in [1.54, 1.807) is 0 Å². The number of allylic oxidation sites excluding steroid dienone is 1. The second-order valence-corrected chi connectivity index (χ2v) is 15.6. The van der Waals surface area contributed by atoms with Gasteiger partial charge in [-0.2, -0.15) is 0 Å². The molecule has 0 bridgehead atoms. The van der Waals surface area contributed by atoms with E-state index in [2.05, 4.69) is 264 Å². The molecule has 0 spiro atoms. The van der Waals surface area contributed by atoms with Crippen molar-refractivity contribution in [3.8, 4) is 11.1 Å². The Balaban J connectivity index is 0.996. The fourth-order valence-electron chi connectivity index (χ4n) is 8.78. The van der Waals surface area contributed by atoms with Gasteiger partial charge >= 0.3 is 0 Å². The average molecular weight is 772 g/mol. The summed E-state index contributed by atoms with van der Waals surface area (Å²) in [5, 5.41) is 4.87. The topological polar surface area (TPSA) is 9.72 Å². The highest BCUT2D eigenvalue weighted by Gasteiger charge is 2.33. The largest absolute Gasteiger partial charge is 0.332 e. The lowest BCUT2D eigenvalue weighted by Gasteiger charge is -2.43. The predicted molar refractivity (Wildman–Crippen MR) is 255 cm³/mol. The zero-order chi connectivity index (χ0) is 40.3. The van der Waals surface area contributed by atoms with Crippen molar-refractivity contribution >= 4 is 61.4 Å². The minimum Gasteiger partial charge on any atom is -0.332 e. The number of hydrogen-bond donors (Lipinski definition) is 0. The first-order valence-corrected chi connectivity index (χ1v) is 20.7. The van der Waals surface area contributed by atoms with Gasteiger partial charge < -0.3 is 14.7 Å². The number of anilines is 7. The molecule has 0 heterocycles. The van der Waals surface area contributed by atoms with Crippen molar-refractivity contribution in [3.63, 3.8) is 0 Å². The highest BCUT2D eigenvalue weighted by Crippen LogP contribution is 2.43. The lowest BCUT2D eigenvalue weighted by molar-refractivity contribution is 0.566. The fraction of sp³-hybridized carbons (Fsp3) is 0.0526. The molecule has 9 aromatic carbocycles. The molecular formula is C57H45N3. The first-order chi connectivity index (χ1) is 29.6. The van der Waals surface area contributed by atoms with E-state index in [1.165, 1.54) is 44.0 Å². The third-order valence-corrected chi connectivity index (χ3v) is 11.7. The Morgan fingerprint density at radius 2 is 0.767 bits per heavy atom. The molecule has 1 aliphatic carbocycles. The van der Waals surface area contributed by atoms with E-state index in [-0.39, 0.29) is 5.54 Å². The summed E-state index contributed by atoms with van der Waals surface area (Å²) < 4.78 is 0. The summed E-state index contributed by atoms with van der Waals surface area (Å²) in [5.41, 5.74) is 11.2. The molecule has 0 saturated heterocycles. The van der Waals surface area contributed by atoms with Crippen LogP contribution in [0.4, 0.5) is 39.8 Å². The van der Waals surface area contributed by atoms with E-state index in [0.717, 1.165) is 40.6 Å². The van der Waals surface area contributed by atoms with E-state index in [4.69, 9.17) is 0 Å².